The summed E-state index contributed by atoms with van der Waals surface area (Å²) in [4.78, 5) is 33.7. The molecule has 1 aromatic rings. The lowest BCUT2D eigenvalue weighted by atomic mass is 9.95. The Kier molecular flexibility index (Phi) is 11.3. The third-order valence-corrected chi connectivity index (χ3v) is 5.75. The van der Waals surface area contributed by atoms with Crippen LogP contribution in [0.25, 0.3) is 0 Å². The predicted molar refractivity (Wildman–Crippen MR) is 133 cm³/mol. The zero-order valence-corrected chi connectivity index (χ0v) is 21.4. The normalized spacial score (nSPS) is 17.6. The number of guanidine groups is 1. The highest BCUT2D eigenvalue weighted by atomic mass is 127. The van der Waals surface area contributed by atoms with E-state index in [4.69, 9.17) is 14.1 Å². The second-order valence-electron chi connectivity index (χ2n) is 7.98. The van der Waals surface area contributed by atoms with Gasteiger partial charge in [-0.1, -0.05) is 0 Å². The van der Waals surface area contributed by atoms with Crippen LogP contribution in [-0.2, 0) is 9.53 Å². The molecule has 2 amide bonds. The first kappa shape index (κ1) is 26.4. The molecule has 32 heavy (non-hydrogen) atoms. The number of aryl methyl sites for hydroxylation is 1. The van der Waals surface area contributed by atoms with Gasteiger partial charge in [0, 0.05) is 57.3 Å². The van der Waals surface area contributed by atoms with Gasteiger partial charge in [-0.25, -0.2) is 0 Å². The number of rotatable bonds is 7. The summed E-state index contributed by atoms with van der Waals surface area (Å²) >= 11 is 0. The molecular weight excluding hydrogens is 525 g/mol. The average Bonchev–Trinajstić information content (AvgIpc) is 3.24. The maximum absolute atomic E-state index is 12.7. The molecular formula is C22H36IN5O4. The molecule has 2 fully saturated rings. The summed E-state index contributed by atoms with van der Waals surface area (Å²) in [5.41, 5.74) is 0.834. The molecule has 0 aromatic carbocycles. The van der Waals surface area contributed by atoms with Gasteiger partial charge in [-0.05, 0) is 39.2 Å². The summed E-state index contributed by atoms with van der Waals surface area (Å²) in [6.07, 6.45) is 3.96. The number of furan rings is 1. The quantitative estimate of drug-likeness (QED) is 0.228. The number of ether oxygens (including phenoxy) is 1. The molecule has 1 aromatic heterocycles. The lowest BCUT2D eigenvalue weighted by Gasteiger charge is -2.36. The van der Waals surface area contributed by atoms with E-state index in [0.717, 1.165) is 50.4 Å². The second-order valence-corrected chi connectivity index (χ2v) is 7.98. The largest absolute Gasteiger partial charge is 0.459 e. The fraction of sp³-hybridized carbons (Fsp3) is 0.682. The minimum atomic E-state index is -0.189. The number of piperidine rings is 1. The molecule has 3 heterocycles. The van der Waals surface area contributed by atoms with Crippen LogP contribution in [0.1, 0.15) is 42.3 Å². The first-order valence-corrected chi connectivity index (χ1v) is 11.3. The molecule has 0 spiro atoms. The van der Waals surface area contributed by atoms with E-state index < -0.39 is 0 Å². The van der Waals surface area contributed by atoms with E-state index in [1.54, 1.807) is 6.07 Å². The van der Waals surface area contributed by atoms with Crippen LogP contribution in [-0.4, -0.2) is 86.6 Å². The van der Waals surface area contributed by atoms with Crippen LogP contribution in [0.3, 0.4) is 0 Å². The number of likely N-dealkylation sites (tertiary alicyclic amines) is 1. The van der Waals surface area contributed by atoms with Crippen LogP contribution < -0.4 is 10.6 Å². The Morgan fingerprint density at radius 1 is 1.12 bits per heavy atom. The van der Waals surface area contributed by atoms with Crippen molar-refractivity contribution in [3.05, 3.63) is 23.7 Å². The second kappa shape index (κ2) is 13.7. The van der Waals surface area contributed by atoms with Crippen molar-refractivity contribution in [2.45, 2.75) is 33.1 Å². The molecule has 0 unspecified atom stereocenters. The third-order valence-electron chi connectivity index (χ3n) is 5.75. The number of nitrogens with one attached hydrogen (secondary N) is 2. The Bertz CT molecular complexity index is 755. The van der Waals surface area contributed by atoms with E-state index in [0.29, 0.717) is 45.2 Å². The molecule has 0 atom stereocenters. The minimum absolute atomic E-state index is 0. The van der Waals surface area contributed by atoms with Gasteiger partial charge in [-0.15, -0.1) is 24.0 Å². The smallest absolute Gasteiger partial charge is 0.287 e. The number of amides is 2. The van der Waals surface area contributed by atoms with E-state index in [-0.39, 0.29) is 41.7 Å². The Balaban J connectivity index is 0.00000363. The van der Waals surface area contributed by atoms with Crippen LogP contribution in [0.5, 0.6) is 0 Å². The SMILES string of the molecule is CCNC(=NCCCNC(=O)c1occc1C)N1CCC(C(=O)N2CCOCC2)CC1.I. The van der Waals surface area contributed by atoms with Crippen LogP contribution in [0, 0.1) is 12.8 Å². The van der Waals surface area contributed by atoms with E-state index in [9.17, 15) is 9.59 Å². The van der Waals surface area contributed by atoms with E-state index >= 15 is 0 Å². The van der Waals surface area contributed by atoms with Crippen molar-refractivity contribution in [2.75, 3.05) is 59.0 Å². The van der Waals surface area contributed by atoms with Crippen LogP contribution in [0.4, 0.5) is 0 Å². The number of nitrogens with zero attached hydrogens (tertiary/aromatic N) is 3. The van der Waals surface area contributed by atoms with Gasteiger partial charge in [0.1, 0.15) is 0 Å². The van der Waals surface area contributed by atoms with Crippen LogP contribution >= 0.6 is 24.0 Å². The van der Waals surface area contributed by atoms with Gasteiger partial charge < -0.3 is 29.6 Å². The molecule has 180 valence electrons. The summed E-state index contributed by atoms with van der Waals surface area (Å²) in [6, 6.07) is 1.78. The average molecular weight is 561 g/mol. The van der Waals surface area contributed by atoms with Gasteiger partial charge >= 0.3 is 0 Å². The Morgan fingerprint density at radius 2 is 1.84 bits per heavy atom. The molecule has 2 aliphatic rings. The molecule has 2 aliphatic heterocycles. The summed E-state index contributed by atoms with van der Waals surface area (Å²) in [7, 11) is 0. The standard InChI is InChI=1S/C22H35N5O4.HI/c1-3-23-22(25-9-4-8-24-20(28)19-17(2)7-14-31-19)27-10-5-18(6-11-27)21(29)26-12-15-30-16-13-26;/h7,14,18H,3-6,8-13,15-16H2,1-2H3,(H,23,25)(H,24,28);1H. The monoisotopic (exact) mass is 561 g/mol. The number of aliphatic imine (C=N–C) groups is 1. The van der Waals surface area contributed by atoms with Crippen molar-refractivity contribution in [2.24, 2.45) is 10.9 Å². The molecule has 2 N–H and O–H groups in total. The number of hydrogen-bond donors (Lipinski definition) is 2. The topological polar surface area (TPSA) is 99.4 Å². The molecule has 3 rings (SSSR count). The zero-order chi connectivity index (χ0) is 22.1. The van der Waals surface area contributed by atoms with E-state index in [2.05, 4.69) is 22.5 Å². The Labute approximate surface area is 207 Å². The minimum Gasteiger partial charge on any atom is -0.459 e. The van der Waals surface area contributed by atoms with E-state index in [1.807, 2.05) is 11.8 Å². The van der Waals surface area contributed by atoms with Crippen molar-refractivity contribution in [1.29, 1.82) is 0 Å². The van der Waals surface area contributed by atoms with Crippen LogP contribution in [0.2, 0.25) is 0 Å². The molecule has 0 radical (unpaired) electrons. The molecule has 10 heteroatoms. The summed E-state index contributed by atoms with van der Waals surface area (Å²) in [6.45, 7) is 10.2. The summed E-state index contributed by atoms with van der Waals surface area (Å²) in [5.74, 6) is 1.43. The summed E-state index contributed by atoms with van der Waals surface area (Å²) < 4.78 is 10.6. The third kappa shape index (κ3) is 7.36. The highest BCUT2D eigenvalue weighted by Gasteiger charge is 2.30. The first-order valence-electron chi connectivity index (χ1n) is 11.3. The highest BCUT2D eigenvalue weighted by Crippen LogP contribution is 2.20. The summed E-state index contributed by atoms with van der Waals surface area (Å²) in [5, 5.41) is 6.22. The molecule has 2 saturated heterocycles. The fourth-order valence-corrected chi connectivity index (χ4v) is 3.96. The number of halogens is 1. The number of carbonyl (C=O) groups is 2. The van der Waals surface area contributed by atoms with Crippen LogP contribution in [0.15, 0.2) is 21.7 Å². The molecule has 0 aliphatic carbocycles. The molecule has 0 saturated carbocycles. The van der Waals surface area contributed by atoms with Crippen molar-refractivity contribution >= 4 is 41.8 Å². The molecule has 9 nitrogen and oxygen atoms in total. The lowest BCUT2D eigenvalue weighted by molar-refractivity contribution is -0.140. The Hall–Kier alpha value is -1.82. The van der Waals surface area contributed by atoms with Gasteiger partial charge in [0.15, 0.2) is 11.7 Å². The number of morpholine rings is 1. The lowest BCUT2D eigenvalue weighted by Crippen LogP contribution is -2.50. The Morgan fingerprint density at radius 3 is 2.47 bits per heavy atom. The first-order chi connectivity index (χ1) is 15.1. The number of hydrogen-bond acceptors (Lipinski definition) is 5. The van der Waals surface area contributed by atoms with Crippen molar-refractivity contribution in [3.8, 4) is 0 Å². The van der Waals surface area contributed by atoms with Crippen molar-refractivity contribution in [1.82, 2.24) is 20.4 Å². The van der Waals surface area contributed by atoms with Crippen molar-refractivity contribution < 1.29 is 18.7 Å². The van der Waals surface area contributed by atoms with Gasteiger partial charge in [-0.2, -0.15) is 0 Å². The van der Waals surface area contributed by atoms with Gasteiger partial charge in [0.25, 0.3) is 5.91 Å². The van der Waals surface area contributed by atoms with Gasteiger partial charge in [0.2, 0.25) is 5.91 Å². The fourth-order valence-electron chi connectivity index (χ4n) is 3.96. The van der Waals surface area contributed by atoms with Gasteiger partial charge in [-0.3, -0.25) is 14.6 Å². The predicted octanol–water partition coefficient (Wildman–Crippen LogP) is 1.86. The van der Waals surface area contributed by atoms with Crippen molar-refractivity contribution in [3.63, 3.8) is 0 Å². The zero-order valence-electron chi connectivity index (χ0n) is 19.1. The van der Waals surface area contributed by atoms with Gasteiger partial charge in [0.05, 0.1) is 19.5 Å². The maximum atomic E-state index is 12.7. The van der Waals surface area contributed by atoms with E-state index in [1.165, 1.54) is 6.26 Å². The highest BCUT2D eigenvalue weighted by molar-refractivity contribution is 14.0. The molecule has 0 bridgehead atoms. The number of carbonyl (C=O) groups excluding carboxylic acids is 2. The maximum Gasteiger partial charge on any atom is 0.287 e.